The van der Waals surface area contributed by atoms with E-state index in [4.69, 9.17) is 33.9 Å². The fraction of sp³-hybridized carbons (Fsp3) is 0.556. The van der Waals surface area contributed by atoms with Crippen LogP contribution in [0, 0.1) is 13.8 Å². The number of carboxylic acids is 1. The molecule has 0 saturated carbocycles. The number of aromatic hydroxyl groups is 1. The molecule has 5 N–H and O–H groups in total. The number of alkyl carbamates (subject to hydrolysis) is 2. The van der Waals surface area contributed by atoms with Gasteiger partial charge in [0, 0.05) is 23.1 Å². The molecular weight excluding hydrogens is 779 g/mol. The molecule has 0 saturated heterocycles. The van der Waals surface area contributed by atoms with E-state index in [1.54, 1.807) is 41.5 Å². The number of carboxylic acid groups (broad SMARTS) is 1. The van der Waals surface area contributed by atoms with Crippen LogP contribution in [0.1, 0.15) is 98.7 Å². The number of aromatic carboxylic acids is 1. The summed E-state index contributed by atoms with van der Waals surface area (Å²) in [7, 11) is 1.47. The molecule has 0 aromatic heterocycles. The minimum absolute atomic E-state index is 0.00963. The molecule has 0 bridgehead atoms. The van der Waals surface area contributed by atoms with E-state index < -0.39 is 29.2 Å². The van der Waals surface area contributed by atoms with Gasteiger partial charge in [-0.2, -0.15) is 0 Å². The Morgan fingerprint density at radius 1 is 0.804 bits per heavy atom. The van der Waals surface area contributed by atoms with Gasteiger partial charge in [0.15, 0.2) is 0 Å². The average molecular weight is 835 g/mol. The summed E-state index contributed by atoms with van der Waals surface area (Å²) in [4.78, 5) is 45.0. The fourth-order valence-electron chi connectivity index (χ4n) is 3.73. The smallest absolute Gasteiger partial charge is 0.407 e. The molecule has 0 unspecified atom stereocenters. The van der Waals surface area contributed by atoms with Crippen LogP contribution in [0.5, 0.6) is 17.2 Å². The van der Waals surface area contributed by atoms with E-state index in [0.717, 1.165) is 16.4 Å². The van der Waals surface area contributed by atoms with E-state index >= 15 is 0 Å². The first-order chi connectivity index (χ1) is 23.7. The van der Waals surface area contributed by atoms with Crippen LogP contribution in [-0.4, -0.2) is 88.5 Å². The predicted molar refractivity (Wildman–Crippen MR) is 202 cm³/mol. The summed E-state index contributed by atoms with van der Waals surface area (Å²) in [6.07, 6.45) is 0.735. The normalized spacial score (nSPS) is 10.7. The Kier molecular flexibility index (Phi) is 21.6. The molecule has 0 aliphatic rings. The van der Waals surface area contributed by atoms with Gasteiger partial charge in [0.05, 0.1) is 38.1 Å². The van der Waals surface area contributed by atoms with Gasteiger partial charge in [0.1, 0.15) is 28.5 Å². The van der Waals surface area contributed by atoms with E-state index in [1.165, 1.54) is 31.4 Å². The predicted octanol–water partition coefficient (Wildman–Crippen LogP) is 6.70. The van der Waals surface area contributed by atoms with Crippen molar-refractivity contribution in [3.63, 3.8) is 0 Å². The van der Waals surface area contributed by atoms with Gasteiger partial charge in [-0.25, -0.2) is 19.2 Å². The zero-order valence-electron chi connectivity index (χ0n) is 31.4. The molecule has 14 nitrogen and oxygen atoms in total. The molecule has 2 aromatic rings. The molecule has 0 atom stereocenters. The standard InChI is InChI=1S/C17H25NO6.C11H14O4.C8H16INO2/c1-11-13(22-5)9-12(15(19)20)10-14(11)23-8-6-7-18-16(21)24-17(2,3)4;1-3-15-11(14)8-4-9(6-12)7(2)10(13)5-8;1-8(2,3)12-7(11)10-6-4-5-9/h9-10H,6-8H2,1-5H3,(H,18,21)(H,19,20);4-5,12-13H,3,6H2,1-2H3;4-6H2,1-3H3,(H,10,11). The summed E-state index contributed by atoms with van der Waals surface area (Å²) >= 11 is 2.27. The van der Waals surface area contributed by atoms with Gasteiger partial charge >= 0.3 is 24.1 Å². The molecule has 0 aliphatic heterocycles. The van der Waals surface area contributed by atoms with Crippen LogP contribution < -0.4 is 20.1 Å². The molecule has 2 amide bonds. The number of phenolic OH excluding ortho intramolecular Hbond substituents is 1. The minimum Gasteiger partial charge on any atom is -0.508 e. The zero-order chi connectivity index (χ0) is 39.4. The minimum atomic E-state index is -1.05. The first kappa shape index (κ1) is 47.0. The molecule has 0 aliphatic carbocycles. The third-order valence-electron chi connectivity index (χ3n) is 6.17. The van der Waals surface area contributed by atoms with Crippen molar-refractivity contribution in [3.05, 3.63) is 52.1 Å². The largest absolute Gasteiger partial charge is 0.508 e. The van der Waals surface area contributed by atoms with E-state index in [-0.39, 0.29) is 36.2 Å². The highest BCUT2D eigenvalue weighted by molar-refractivity contribution is 14.1. The number of aliphatic hydroxyl groups is 1. The van der Waals surface area contributed by atoms with Gasteiger partial charge in [-0.3, -0.25) is 0 Å². The third kappa shape index (κ3) is 20.5. The maximum Gasteiger partial charge on any atom is 0.407 e. The molecule has 2 aromatic carbocycles. The molecule has 51 heavy (non-hydrogen) atoms. The van der Waals surface area contributed by atoms with Gasteiger partial charge in [-0.15, -0.1) is 0 Å². The van der Waals surface area contributed by atoms with Crippen molar-refractivity contribution in [2.75, 3.05) is 37.8 Å². The average Bonchev–Trinajstić information content (AvgIpc) is 3.02. The second-order valence-corrected chi connectivity index (χ2v) is 13.9. The molecule has 0 spiro atoms. The second kappa shape index (κ2) is 23.5. The van der Waals surface area contributed by atoms with Crippen LogP contribution >= 0.6 is 22.6 Å². The van der Waals surface area contributed by atoms with Crippen LogP contribution in [0.15, 0.2) is 24.3 Å². The number of benzene rings is 2. The van der Waals surface area contributed by atoms with Crippen LogP contribution in [0.25, 0.3) is 0 Å². The molecule has 15 heteroatoms. The lowest BCUT2D eigenvalue weighted by Gasteiger charge is -2.19. The monoisotopic (exact) mass is 834 g/mol. The number of alkyl halides is 1. The summed E-state index contributed by atoms with van der Waals surface area (Å²) in [6, 6.07) is 5.77. The summed E-state index contributed by atoms with van der Waals surface area (Å²) in [5.41, 5.74) is 1.24. The Hall–Kier alpha value is -3.99. The van der Waals surface area contributed by atoms with Crippen LogP contribution in [0.3, 0.4) is 0 Å². The number of hydrogen-bond donors (Lipinski definition) is 5. The number of rotatable bonds is 13. The van der Waals surface area contributed by atoms with E-state index in [9.17, 15) is 24.3 Å². The van der Waals surface area contributed by atoms with Crippen molar-refractivity contribution in [1.82, 2.24) is 10.6 Å². The van der Waals surface area contributed by atoms with Gasteiger partial charge < -0.3 is 49.6 Å². The number of hydrogen-bond acceptors (Lipinski definition) is 11. The van der Waals surface area contributed by atoms with Gasteiger partial charge in [0.25, 0.3) is 0 Å². The number of aliphatic hydroxyl groups excluding tert-OH is 1. The number of esters is 1. The van der Waals surface area contributed by atoms with Gasteiger partial charge in [0.2, 0.25) is 0 Å². The number of ether oxygens (including phenoxy) is 5. The topological polar surface area (TPSA) is 199 Å². The Balaban J connectivity index is 0.000000794. The Labute approximate surface area is 314 Å². The maximum atomic E-state index is 11.5. The third-order valence-corrected chi connectivity index (χ3v) is 6.94. The van der Waals surface area contributed by atoms with Crippen molar-refractivity contribution in [2.45, 2.75) is 93.0 Å². The number of methoxy groups -OCH3 is 1. The quantitative estimate of drug-likeness (QED) is 0.0471. The van der Waals surface area contributed by atoms with Crippen molar-refractivity contribution in [3.8, 4) is 17.2 Å². The van der Waals surface area contributed by atoms with Crippen molar-refractivity contribution in [1.29, 1.82) is 0 Å². The molecule has 2 rings (SSSR count). The lowest BCUT2D eigenvalue weighted by atomic mass is 10.0. The number of halogens is 1. The summed E-state index contributed by atoms with van der Waals surface area (Å²) in [5.74, 6) is -0.655. The first-order valence-electron chi connectivity index (χ1n) is 16.3. The lowest BCUT2D eigenvalue weighted by Crippen LogP contribution is -2.33. The van der Waals surface area contributed by atoms with E-state index in [2.05, 4.69) is 33.2 Å². The molecule has 0 fully saturated rings. The second-order valence-electron chi connectivity index (χ2n) is 12.9. The number of nitrogens with one attached hydrogen (secondary N) is 2. The van der Waals surface area contributed by atoms with Crippen LogP contribution in [0.2, 0.25) is 0 Å². The molecule has 0 heterocycles. The fourth-order valence-corrected chi connectivity index (χ4v) is 4.11. The zero-order valence-corrected chi connectivity index (χ0v) is 33.5. The highest BCUT2D eigenvalue weighted by Gasteiger charge is 2.17. The lowest BCUT2D eigenvalue weighted by molar-refractivity contribution is 0.0514. The van der Waals surface area contributed by atoms with E-state index in [0.29, 0.717) is 48.7 Å². The molecule has 288 valence electrons. The maximum absolute atomic E-state index is 11.5. The van der Waals surface area contributed by atoms with Crippen LogP contribution in [0.4, 0.5) is 9.59 Å². The first-order valence-corrected chi connectivity index (χ1v) is 17.9. The number of phenols is 1. The Bertz CT molecular complexity index is 1420. The number of carbonyl (C=O) groups excluding carboxylic acids is 3. The van der Waals surface area contributed by atoms with Crippen LogP contribution in [-0.2, 0) is 20.8 Å². The van der Waals surface area contributed by atoms with Crippen molar-refractivity contribution >= 4 is 46.7 Å². The summed E-state index contributed by atoms with van der Waals surface area (Å²) in [6.45, 7) is 17.6. The molecule has 0 radical (unpaired) electrons. The van der Waals surface area contributed by atoms with Crippen molar-refractivity contribution in [2.24, 2.45) is 0 Å². The van der Waals surface area contributed by atoms with Gasteiger partial charge in [-0.1, -0.05) is 22.6 Å². The summed E-state index contributed by atoms with van der Waals surface area (Å²) in [5, 5.41) is 32.9. The highest BCUT2D eigenvalue weighted by atomic mass is 127. The van der Waals surface area contributed by atoms with E-state index in [1.807, 2.05) is 20.8 Å². The Morgan fingerprint density at radius 2 is 1.33 bits per heavy atom. The number of carbonyl (C=O) groups is 4. The molecular formula is C36H55IN2O12. The van der Waals surface area contributed by atoms with Crippen molar-refractivity contribution < 1.29 is 58.2 Å². The Morgan fingerprint density at radius 3 is 1.78 bits per heavy atom. The highest BCUT2D eigenvalue weighted by Crippen LogP contribution is 2.30. The number of amides is 2. The van der Waals surface area contributed by atoms with Gasteiger partial charge in [-0.05, 0) is 111 Å². The SMILES string of the molecule is CC(C)(C)OC(=O)NCCCI.CCOC(=O)c1cc(O)c(C)c(CO)c1.COc1cc(C(=O)O)cc(OCCCNC(=O)OC(C)(C)C)c1C. The summed E-state index contributed by atoms with van der Waals surface area (Å²) < 4.78 is 26.8.